The van der Waals surface area contributed by atoms with E-state index in [0.717, 1.165) is 11.1 Å². The van der Waals surface area contributed by atoms with Gasteiger partial charge in [0.25, 0.3) is 0 Å². The molecule has 0 aliphatic heterocycles. The van der Waals surface area contributed by atoms with Crippen LogP contribution in [-0.4, -0.2) is 15.7 Å². The SMILES string of the molecule is CC(C)c1ccc(/C=C/C(=O)Nc2cnn(Cc3ccc(F)cc3Cl)c2)cc1. The molecule has 0 atom stereocenters. The van der Waals surface area contributed by atoms with Crippen molar-refractivity contribution >= 4 is 29.3 Å². The van der Waals surface area contributed by atoms with Crippen molar-refractivity contribution in [3.05, 3.63) is 88.5 Å². The highest BCUT2D eigenvalue weighted by atomic mass is 35.5. The Morgan fingerprint density at radius 3 is 2.68 bits per heavy atom. The Balaban J connectivity index is 1.59. The summed E-state index contributed by atoms with van der Waals surface area (Å²) in [5.74, 6) is -0.150. The third kappa shape index (κ3) is 5.30. The summed E-state index contributed by atoms with van der Waals surface area (Å²) >= 11 is 6.04. The molecule has 0 fully saturated rings. The van der Waals surface area contributed by atoms with Crippen LogP contribution >= 0.6 is 11.6 Å². The molecule has 0 radical (unpaired) electrons. The lowest BCUT2D eigenvalue weighted by Crippen LogP contribution is -2.07. The fourth-order valence-electron chi connectivity index (χ4n) is 2.69. The molecule has 0 saturated carbocycles. The summed E-state index contributed by atoms with van der Waals surface area (Å²) in [5, 5.41) is 7.31. The highest BCUT2D eigenvalue weighted by molar-refractivity contribution is 6.31. The molecule has 1 aromatic heterocycles. The number of nitrogens with zero attached hydrogens (tertiary/aromatic N) is 2. The minimum atomic E-state index is -0.382. The fourth-order valence-corrected chi connectivity index (χ4v) is 2.91. The van der Waals surface area contributed by atoms with Crippen LogP contribution < -0.4 is 5.32 Å². The van der Waals surface area contributed by atoms with Crippen molar-refractivity contribution in [1.29, 1.82) is 0 Å². The molecule has 3 aromatic rings. The van der Waals surface area contributed by atoms with Gasteiger partial charge in [-0.2, -0.15) is 5.10 Å². The van der Waals surface area contributed by atoms with Crippen molar-refractivity contribution in [2.24, 2.45) is 0 Å². The van der Waals surface area contributed by atoms with E-state index in [9.17, 15) is 9.18 Å². The zero-order chi connectivity index (χ0) is 20.1. The van der Waals surface area contributed by atoms with Crippen LogP contribution in [0.2, 0.25) is 5.02 Å². The zero-order valence-electron chi connectivity index (χ0n) is 15.7. The number of benzene rings is 2. The molecular weight excluding hydrogens is 377 g/mol. The standard InChI is InChI=1S/C22H21ClFN3O/c1-15(2)17-6-3-16(4-7-17)5-10-22(28)26-20-12-25-27(14-20)13-18-8-9-19(24)11-21(18)23/h3-12,14-15H,13H2,1-2H3,(H,26,28)/b10-5+. The van der Waals surface area contributed by atoms with E-state index in [-0.39, 0.29) is 11.7 Å². The maximum Gasteiger partial charge on any atom is 0.248 e. The highest BCUT2D eigenvalue weighted by Gasteiger charge is 2.06. The van der Waals surface area contributed by atoms with Gasteiger partial charge in [0.2, 0.25) is 5.91 Å². The minimum Gasteiger partial charge on any atom is -0.320 e. The second kappa shape index (κ2) is 8.85. The lowest BCUT2D eigenvalue weighted by Gasteiger charge is -2.05. The number of aromatic nitrogens is 2. The molecule has 2 aromatic carbocycles. The van der Waals surface area contributed by atoms with Crippen LogP contribution in [0.15, 0.2) is 60.9 Å². The van der Waals surface area contributed by atoms with Gasteiger partial charge in [0, 0.05) is 17.3 Å². The van der Waals surface area contributed by atoms with E-state index in [4.69, 9.17) is 11.6 Å². The first-order valence-electron chi connectivity index (χ1n) is 8.96. The third-order valence-corrected chi connectivity index (χ3v) is 4.63. The van der Waals surface area contributed by atoms with Gasteiger partial charge < -0.3 is 5.32 Å². The van der Waals surface area contributed by atoms with Crippen LogP contribution in [0.5, 0.6) is 0 Å². The fraction of sp³-hybridized carbons (Fsp3) is 0.182. The average molecular weight is 398 g/mol. The summed E-state index contributed by atoms with van der Waals surface area (Å²) in [7, 11) is 0. The molecule has 0 saturated heterocycles. The molecule has 1 N–H and O–H groups in total. The molecular formula is C22H21ClFN3O. The summed E-state index contributed by atoms with van der Waals surface area (Å²) in [4.78, 5) is 12.1. The van der Waals surface area contributed by atoms with Gasteiger partial charge in [0.15, 0.2) is 0 Å². The number of rotatable bonds is 6. The van der Waals surface area contributed by atoms with Gasteiger partial charge in [-0.25, -0.2) is 4.39 Å². The normalized spacial score (nSPS) is 11.3. The average Bonchev–Trinajstić information content (AvgIpc) is 3.09. The Morgan fingerprint density at radius 2 is 2.00 bits per heavy atom. The van der Waals surface area contributed by atoms with E-state index in [2.05, 4.69) is 36.4 Å². The molecule has 3 rings (SSSR count). The van der Waals surface area contributed by atoms with Gasteiger partial charge in [-0.3, -0.25) is 9.48 Å². The molecule has 0 unspecified atom stereocenters. The first-order chi connectivity index (χ1) is 13.4. The van der Waals surface area contributed by atoms with E-state index in [1.807, 2.05) is 12.1 Å². The summed E-state index contributed by atoms with van der Waals surface area (Å²) in [6, 6.07) is 12.3. The van der Waals surface area contributed by atoms with Crippen LogP contribution in [-0.2, 0) is 11.3 Å². The summed E-state index contributed by atoms with van der Waals surface area (Å²) in [6.45, 7) is 4.66. The van der Waals surface area contributed by atoms with Crippen molar-refractivity contribution in [2.75, 3.05) is 5.32 Å². The first-order valence-corrected chi connectivity index (χ1v) is 9.34. The topological polar surface area (TPSA) is 46.9 Å². The Morgan fingerprint density at radius 1 is 1.25 bits per heavy atom. The number of amides is 1. The summed E-state index contributed by atoms with van der Waals surface area (Å²) in [5.41, 5.74) is 3.54. The van der Waals surface area contributed by atoms with Crippen LogP contribution in [0.3, 0.4) is 0 Å². The molecule has 1 heterocycles. The molecule has 1 amide bonds. The Labute approximate surface area is 168 Å². The third-order valence-electron chi connectivity index (χ3n) is 4.28. The Hall–Kier alpha value is -2.92. The van der Waals surface area contributed by atoms with Crippen molar-refractivity contribution < 1.29 is 9.18 Å². The van der Waals surface area contributed by atoms with E-state index in [1.54, 1.807) is 29.2 Å². The number of carbonyl (C=O) groups excluding carboxylic acids is 1. The van der Waals surface area contributed by atoms with Crippen molar-refractivity contribution in [2.45, 2.75) is 26.3 Å². The summed E-state index contributed by atoms with van der Waals surface area (Å²) < 4.78 is 14.8. The van der Waals surface area contributed by atoms with E-state index < -0.39 is 0 Å². The molecule has 0 aliphatic carbocycles. The largest absolute Gasteiger partial charge is 0.320 e. The first kappa shape index (κ1) is 19.8. The number of halogens is 2. The zero-order valence-corrected chi connectivity index (χ0v) is 16.4. The minimum absolute atomic E-state index is 0.243. The predicted molar refractivity (Wildman–Crippen MR) is 111 cm³/mol. The van der Waals surface area contributed by atoms with Crippen molar-refractivity contribution in [3.63, 3.8) is 0 Å². The maximum absolute atomic E-state index is 13.1. The van der Waals surface area contributed by atoms with Gasteiger partial charge in [-0.1, -0.05) is 55.8 Å². The lowest BCUT2D eigenvalue weighted by atomic mass is 10.0. The monoisotopic (exact) mass is 397 g/mol. The Bertz CT molecular complexity index is 993. The molecule has 0 spiro atoms. The van der Waals surface area contributed by atoms with Gasteiger partial charge in [0.05, 0.1) is 18.4 Å². The molecule has 144 valence electrons. The van der Waals surface area contributed by atoms with Crippen molar-refractivity contribution in [3.8, 4) is 0 Å². The molecule has 6 heteroatoms. The lowest BCUT2D eigenvalue weighted by molar-refractivity contribution is -0.111. The van der Waals surface area contributed by atoms with Crippen molar-refractivity contribution in [1.82, 2.24) is 9.78 Å². The molecule has 4 nitrogen and oxygen atoms in total. The Kier molecular flexibility index (Phi) is 6.26. The number of carbonyl (C=O) groups is 1. The number of anilines is 1. The van der Waals surface area contributed by atoms with Gasteiger partial charge in [-0.05, 0) is 40.8 Å². The van der Waals surface area contributed by atoms with Crippen LogP contribution in [0.4, 0.5) is 10.1 Å². The highest BCUT2D eigenvalue weighted by Crippen LogP contribution is 2.19. The second-order valence-corrected chi connectivity index (χ2v) is 7.21. The van der Waals surface area contributed by atoms with Crippen LogP contribution in [0.25, 0.3) is 6.08 Å². The number of hydrogen-bond acceptors (Lipinski definition) is 2. The number of nitrogens with one attached hydrogen (secondary N) is 1. The smallest absolute Gasteiger partial charge is 0.248 e. The van der Waals surface area contributed by atoms with Gasteiger partial charge >= 0.3 is 0 Å². The maximum atomic E-state index is 13.1. The van der Waals surface area contributed by atoms with Gasteiger partial charge in [-0.15, -0.1) is 0 Å². The van der Waals surface area contributed by atoms with Crippen LogP contribution in [0, 0.1) is 5.82 Å². The van der Waals surface area contributed by atoms with Gasteiger partial charge in [0.1, 0.15) is 5.82 Å². The molecule has 0 aliphatic rings. The second-order valence-electron chi connectivity index (χ2n) is 6.81. The molecule has 0 bridgehead atoms. The predicted octanol–water partition coefficient (Wildman–Crippen LogP) is 5.50. The molecule has 28 heavy (non-hydrogen) atoms. The van der Waals surface area contributed by atoms with E-state index in [0.29, 0.717) is 23.2 Å². The van der Waals surface area contributed by atoms with Crippen LogP contribution in [0.1, 0.15) is 36.5 Å². The quantitative estimate of drug-likeness (QED) is 0.558. The summed E-state index contributed by atoms with van der Waals surface area (Å²) in [6.07, 6.45) is 6.50. The number of hydrogen-bond donors (Lipinski definition) is 1. The van der Waals surface area contributed by atoms with E-state index in [1.165, 1.54) is 23.8 Å². The van der Waals surface area contributed by atoms with E-state index >= 15 is 0 Å².